The number of benzene rings is 1. The quantitative estimate of drug-likeness (QED) is 0.652. The van der Waals surface area contributed by atoms with Crippen molar-refractivity contribution in [2.75, 3.05) is 11.9 Å². The minimum absolute atomic E-state index is 0.0750. The summed E-state index contributed by atoms with van der Waals surface area (Å²) in [6.07, 6.45) is 5.74. The Morgan fingerprint density at radius 1 is 1.04 bits per heavy atom. The van der Waals surface area contributed by atoms with Gasteiger partial charge >= 0.3 is 0 Å². The summed E-state index contributed by atoms with van der Waals surface area (Å²) in [4.78, 5) is 35.9. The largest absolute Gasteiger partial charge is 0.459 e. The maximum atomic E-state index is 12.2. The van der Waals surface area contributed by atoms with Crippen LogP contribution in [0.5, 0.6) is 0 Å². The minimum atomic E-state index is -0.344. The maximum Gasteiger partial charge on any atom is 0.286 e. The average Bonchev–Trinajstić information content (AvgIpc) is 3.40. The number of nitrogens with one attached hydrogen (secondary N) is 3. The molecule has 7 heteroatoms. The molecule has 0 unspecified atom stereocenters. The Bertz CT molecular complexity index is 811. The van der Waals surface area contributed by atoms with Crippen molar-refractivity contribution in [1.29, 1.82) is 0 Å². The van der Waals surface area contributed by atoms with Crippen molar-refractivity contribution >= 4 is 23.4 Å². The highest BCUT2D eigenvalue weighted by Crippen LogP contribution is 2.26. The van der Waals surface area contributed by atoms with Gasteiger partial charge in [-0.15, -0.1) is 0 Å². The van der Waals surface area contributed by atoms with Gasteiger partial charge in [0.15, 0.2) is 5.76 Å². The number of hydrogen-bond donors (Lipinski definition) is 3. The van der Waals surface area contributed by atoms with Gasteiger partial charge < -0.3 is 20.4 Å². The van der Waals surface area contributed by atoms with Gasteiger partial charge in [0.1, 0.15) is 0 Å². The normalized spacial score (nSPS) is 13.9. The van der Waals surface area contributed by atoms with E-state index in [1.807, 2.05) is 24.3 Å². The standard InChI is InChI=1S/C21H25N3O4/c25-19(10-11-22-21(27)18-9-4-12-28-18)23-14-15-5-3-8-17(13-15)24-20(26)16-6-1-2-7-16/h3-5,8-9,12-13,16H,1-2,6-7,10-11,14H2,(H,22,27)(H,23,25)(H,24,26). The fourth-order valence-electron chi connectivity index (χ4n) is 3.26. The van der Waals surface area contributed by atoms with Crippen LogP contribution in [-0.4, -0.2) is 24.3 Å². The molecule has 0 saturated heterocycles. The number of amides is 3. The Hall–Kier alpha value is -3.09. The van der Waals surface area contributed by atoms with Crippen LogP contribution in [0.1, 0.15) is 48.2 Å². The van der Waals surface area contributed by atoms with Gasteiger partial charge in [-0.1, -0.05) is 25.0 Å². The number of carbonyl (C=O) groups is 3. The Kier molecular flexibility index (Phi) is 6.84. The van der Waals surface area contributed by atoms with E-state index in [0.29, 0.717) is 6.54 Å². The zero-order valence-electron chi connectivity index (χ0n) is 15.7. The van der Waals surface area contributed by atoms with E-state index in [1.54, 1.807) is 12.1 Å². The molecule has 0 aliphatic heterocycles. The van der Waals surface area contributed by atoms with Gasteiger partial charge in [0.2, 0.25) is 11.8 Å². The Labute approximate surface area is 163 Å². The first-order chi connectivity index (χ1) is 13.6. The van der Waals surface area contributed by atoms with Crippen molar-refractivity contribution < 1.29 is 18.8 Å². The van der Waals surface area contributed by atoms with Crippen LogP contribution in [0.15, 0.2) is 47.1 Å². The first-order valence-corrected chi connectivity index (χ1v) is 9.60. The van der Waals surface area contributed by atoms with Crippen LogP contribution in [0.25, 0.3) is 0 Å². The molecule has 1 saturated carbocycles. The Morgan fingerprint density at radius 2 is 1.86 bits per heavy atom. The van der Waals surface area contributed by atoms with Crippen molar-refractivity contribution in [3.8, 4) is 0 Å². The highest BCUT2D eigenvalue weighted by Gasteiger charge is 2.22. The molecule has 2 aromatic rings. The highest BCUT2D eigenvalue weighted by molar-refractivity contribution is 5.93. The first kappa shape index (κ1) is 19.7. The van der Waals surface area contributed by atoms with Crippen molar-refractivity contribution in [2.45, 2.75) is 38.6 Å². The van der Waals surface area contributed by atoms with E-state index in [4.69, 9.17) is 4.42 Å². The average molecular weight is 383 g/mol. The van der Waals surface area contributed by atoms with Crippen LogP contribution in [0, 0.1) is 5.92 Å². The van der Waals surface area contributed by atoms with E-state index in [2.05, 4.69) is 16.0 Å². The molecule has 0 bridgehead atoms. The lowest BCUT2D eigenvalue weighted by Gasteiger charge is -2.12. The second-order valence-corrected chi connectivity index (χ2v) is 6.93. The van der Waals surface area contributed by atoms with Gasteiger partial charge in [-0.05, 0) is 42.7 Å². The van der Waals surface area contributed by atoms with Gasteiger partial charge in [-0.2, -0.15) is 0 Å². The van der Waals surface area contributed by atoms with Crippen LogP contribution in [0.2, 0.25) is 0 Å². The predicted molar refractivity (Wildman–Crippen MR) is 105 cm³/mol. The summed E-state index contributed by atoms with van der Waals surface area (Å²) in [5.41, 5.74) is 1.64. The lowest BCUT2D eigenvalue weighted by Crippen LogP contribution is -2.30. The fraction of sp³-hybridized carbons (Fsp3) is 0.381. The van der Waals surface area contributed by atoms with Crippen molar-refractivity contribution in [1.82, 2.24) is 10.6 Å². The molecule has 0 radical (unpaired) electrons. The molecule has 1 heterocycles. The summed E-state index contributed by atoms with van der Waals surface area (Å²) < 4.78 is 4.99. The molecule has 1 aromatic heterocycles. The van der Waals surface area contributed by atoms with Gasteiger partial charge in [0, 0.05) is 31.1 Å². The van der Waals surface area contributed by atoms with Gasteiger partial charge in [-0.25, -0.2) is 0 Å². The summed E-state index contributed by atoms with van der Waals surface area (Å²) in [6, 6.07) is 10.7. The third kappa shape index (κ3) is 5.70. The van der Waals surface area contributed by atoms with Crippen LogP contribution in [-0.2, 0) is 16.1 Å². The predicted octanol–water partition coefficient (Wildman–Crippen LogP) is 2.84. The highest BCUT2D eigenvalue weighted by atomic mass is 16.3. The number of anilines is 1. The molecule has 0 atom stereocenters. The van der Waals surface area contributed by atoms with Gasteiger partial charge in [-0.3, -0.25) is 14.4 Å². The number of rotatable bonds is 8. The summed E-state index contributed by atoms with van der Waals surface area (Å²) in [5.74, 6) is -0.105. The third-order valence-corrected chi connectivity index (χ3v) is 4.79. The first-order valence-electron chi connectivity index (χ1n) is 9.60. The molecule has 7 nitrogen and oxygen atoms in total. The zero-order valence-corrected chi connectivity index (χ0v) is 15.7. The van der Waals surface area contributed by atoms with E-state index in [1.165, 1.54) is 6.26 Å². The van der Waals surface area contributed by atoms with Crippen molar-refractivity contribution in [3.05, 3.63) is 54.0 Å². The monoisotopic (exact) mass is 383 g/mol. The maximum absolute atomic E-state index is 12.2. The summed E-state index contributed by atoms with van der Waals surface area (Å²) >= 11 is 0. The lowest BCUT2D eigenvalue weighted by atomic mass is 10.1. The van der Waals surface area contributed by atoms with Crippen LogP contribution in [0.4, 0.5) is 5.69 Å². The van der Waals surface area contributed by atoms with Crippen LogP contribution < -0.4 is 16.0 Å². The van der Waals surface area contributed by atoms with E-state index >= 15 is 0 Å². The molecular formula is C21H25N3O4. The SMILES string of the molecule is O=C(CCNC(=O)c1ccco1)NCc1cccc(NC(=O)C2CCCC2)c1. The molecule has 1 aromatic carbocycles. The smallest absolute Gasteiger partial charge is 0.286 e. The van der Waals surface area contributed by atoms with E-state index in [0.717, 1.165) is 36.9 Å². The summed E-state index contributed by atoms with van der Waals surface area (Å²) in [7, 11) is 0. The van der Waals surface area contributed by atoms with E-state index in [-0.39, 0.29) is 42.4 Å². The second-order valence-electron chi connectivity index (χ2n) is 6.93. The summed E-state index contributed by atoms with van der Waals surface area (Å²) in [5, 5.41) is 8.41. The molecule has 1 fully saturated rings. The number of carbonyl (C=O) groups excluding carboxylic acids is 3. The second kappa shape index (κ2) is 9.73. The molecular weight excluding hydrogens is 358 g/mol. The van der Waals surface area contributed by atoms with E-state index < -0.39 is 0 Å². The molecule has 3 N–H and O–H groups in total. The van der Waals surface area contributed by atoms with Crippen molar-refractivity contribution in [2.24, 2.45) is 5.92 Å². The molecule has 1 aliphatic carbocycles. The van der Waals surface area contributed by atoms with Gasteiger partial charge in [0.25, 0.3) is 5.91 Å². The topological polar surface area (TPSA) is 100 Å². The lowest BCUT2D eigenvalue weighted by molar-refractivity contribution is -0.121. The van der Waals surface area contributed by atoms with E-state index in [9.17, 15) is 14.4 Å². The fourth-order valence-corrected chi connectivity index (χ4v) is 3.26. The van der Waals surface area contributed by atoms with Gasteiger partial charge in [0.05, 0.1) is 6.26 Å². The zero-order chi connectivity index (χ0) is 19.8. The molecule has 1 aliphatic rings. The minimum Gasteiger partial charge on any atom is -0.459 e. The Balaban J connectivity index is 1.39. The number of furan rings is 1. The van der Waals surface area contributed by atoms with Crippen LogP contribution >= 0.6 is 0 Å². The molecule has 28 heavy (non-hydrogen) atoms. The van der Waals surface area contributed by atoms with Crippen LogP contribution in [0.3, 0.4) is 0 Å². The third-order valence-electron chi connectivity index (χ3n) is 4.79. The molecule has 0 spiro atoms. The molecule has 148 valence electrons. The number of hydrogen-bond acceptors (Lipinski definition) is 4. The van der Waals surface area contributed by atoms with Crippen molar-refractivity contribution in [3.63, 3.8) is 0 Å². The molecule has 3 amide bonds. The summed E-state index contributed by atoms with van der Waals surface area (Å²) in [6.45, 7) is 0.584. The molecule has 3 rings (SSSR count). The Morgan fingerprint density at radius 3 is 2.61 bits per heavy atom.